The fourth-order valence-electron chi connectivity index (χ4n) is 2.69. The fourth-order valence-corrected chi connectivity index (χ4v) is 2.84. The number of rotatable bonds is 4. The molecule has 0 unspecified atom stereocenters. The minimum atomic E-state index is 0.201. The van der Waals surface area contributed by atoms with Crippen LogP contribution in [0.1, 0.15) is 76.2 Å². The van der Waals surface area contributed by atoms with Gasteiger partial charge < -0.3 is 4.57 Å². The minimum absolute atomic E-state index is 0.201. The molecule has 6 nitrogen and oxygen atoms in total. The number of nitriles is 1. The van der Waals surface area contributed by atoms with Crippen LogP contribution in [-0.2, 0) is 6.54 Å². The fraction of sp³-hybridized carbons (Fsp3) is 0.474. The average molecular weight is 373 g/mol. The lowest BCUT2D eigenvalue weighted by Gasteiger charge is -2.12. The lowest BCUT2D eigenvalue weighted by atomic mass is 10.0. The lowest BCUT2D eigenvalue weighted by molar-refractivity contribution is 0.728. The topological polar surface area (TPSA) is 83.2 Å². The van der Waals surface area contributed by atoms with Crippen LogP contribution < -0.4 is 0 Å². The molecule has 0 radical (unpaired) electrons. The molecule has 0 saturated carbocycles. The van der Waals surface area contributed by atoms with Gasteiger partial charge in [0.05, 0.1) is 40.1 Å². The van der Waals surface area contributed by atoms with Crippen LogP contribution in [0.2, 0.25) is 5.02 Å². The number of aromatic amines is 1. The van der Waals surface area contributed by atoms with Crippen LogP contribution in [0.3, 0.4) is 0 Å². The molecule has 0 aliphatic carbocycles. The van der Waals surface area contributed by atoms with E-state index >= 15 is 0 Å². The Hall–Kier alpha value is -2.39. The summed E-state index contributed by atoms with van der Waals surface area (Å²) in [5.41, 5.74) is 3.04. The summed E-state index contributed by atoms with van der Waals surface area (Å²) in [5.74, 6) is 1.19. The zero-order valence-electron chi connectivity index (χ0n) is 16.1. The van der Waals surface area contributed by atoms with E-state index in [-0.39, 0.29) is 11.8 Å². The van der Waals surface area contributed by atoms with Crippen molar-refractivity contribution in [2.75, 3.05) is 0 Å². The summed E-state index contributed by atoms with van der Waals surface area (Å²) in [7, 11) is 0. The second-order valence-corrected chi connectivity index (χ2v) is 6.86. The van der Waals surface area contributed by atoms with E-state index < -0.39 is 0 Å². The first-order valence-corrected chi connectivity index (χ1v) is 9.28. The normalized spacial score (nSPS) is 10.9. The molecule has 0 atom stereocenters. The minimum Gasteiger partial charge on any atom is -0.325 e. The molecule has 0 bridgehead atoms. The van der Waals surface area contributed by atoms with Crippen LogP contribution in [0.5, 0.6) is 0 Å². The molecule has 0 aliphatic rings. The van der Waals surface area contributed by atoms with Crippen molar-refractivity contribution >= 4 is 22.6 Å². The first-order chi connectivity index (χ1) is 12.4. The Kier molecular flexibility index (Phi) is 6.38. The maximum absolute atomic E-state index is 9.55. The third-order valence-corrected chi connectivity index (χ3v) is 4.27. The molecular formula is C19H25ClN6. The summed E-state index contributed by atoms with van der Waals surface area (Å²) >= 11 is 6.14. The molecule has 3 heterocycles. The highest BCUT2D eigenvalue weighted by molar-refractivity contribution is 6.31. The van der Waals surface area contributed by atoms with E-state index in [0.29, 0.717) is 17.1 Å². The van der Waals surface area contributed by atoms with E-state index in [1.54, 1.807) is 6.20 Å². The van der Waals surface area contributed by atoms with Gasteiger partial charge in [0, 0.05) is 12.1 Å². The van der Waals surface area contributed by atoms with Gasteiger partial charge >= 0.3 is 0 Å². The number of halogens is 1. The maximum atomic E-state index is 9.55. The molecule has 26 heavy (non-hydrogen) atoms. The predicted molar refractivity (Wildman–Crippen MR) is 104 cm³/mol. The number of aromatic nitrogens is 5. The van der Waals surface area contributed by atoms with Crippen molar-refractivity contribution in [3.63, 3.8) is 0 Å². The van der Waals surface area contributed by atoms with Crippen molar-refractivity contribution in [1.82, 2.24) is 24.7 Å². The van der Waals surface area contributed by atoms with Crippen molar-refractivity contribution in [2.45, 2.75) is 59.9 Å². The zero-order valence-corrected chi connectivity index (χ0v) is 16.9. The van der Waals surface area contributed by atoms with Crippen molar-refractivity contribution in [2.24, 2.45) is 0 Å². The molecule has 0 fully saturated rings. The molecule has 3 rings (SSSR count). The first-order valence-electron chi connectivity index (χ1n) is 8.90. The molecule has 0 saturated heterocycles. The average Bonchev–Trinajstić information content (AvgIpc) is 3.19. The summed E-state index contributed by atoms with van der Waals surface area (Å²) < 4.78 is 1.94. The van der Waals surface area contributed by atoms with Crippen LogP contribution in [0.15, 0.2) is 12.4 Å². The van der Waals surface area contributed by atoms with E-state index in [9.17, 15) is 5.26 Å². The Bertz CT molecular complexity index is 930. The largest absolute Gasteiger partial charge is 0.325 e. The number of hydrogen-bond acceptors (Lipinski definition) is 4. The smallest absolute Gasteiger partial charge is 0.145 e. The number of nitrogens with zero attached hydrogens (tertiary/aromatic N) is 5. The van der Waals surface area contributed by atoms with E-state index in [0.717, 1.165) is 28.2 Å². The number of nitrogens with one attached hydrogen (secondary N) is 1. The Balaban J connectivity index is 0.00000117. The SMILES string of the molecule is CC.CC(C)c1nc(C(C)C)c2c(C#N)cn(Cc3[nH]ncc3Cl)c2n1. The molecule has 0 amide bonds. The molecule has 0 spiro atoms. The van der Waals surface area contributed by atoms with Crippen LogP contribution >= 0.6 is 11.6 Å². The standard InChI is InChI=1S/C17H19ClN6.C2H6/c1-9(2)15-14-11(5-19)7-24(8-13-12(18)6-20-23-13)17(14)22-16(21-15)10(3)4;1-2/h6-7,9-10H,8H2,1-4H3,(H,20,23);1-2H3. The quantitative estimate of drug-likeness (QED) is 0.698. The highest BCUT2D eigenvalue weighted by atomic mass is 35.5. The van der Waals surface area contributed by atoms with Gasteiger partial charge in [0.25, 0.3) is 0 Å². The van der Waals surface area contributed by atoms with Crippen LogP contribution in [0, 0.1) is 11.3 Å². The van der Waals surface area contributed by atoms with E-state index in [1.165, 1.54) is 0 Å². The van der Waals surface area contributed by atoms with Gasteiger partial charge in [-0.25, -0.2) is 9.97 Å². The van der Waals surface area contributed by atoms with E-state index in [1.807, 2.05) is 24.6 Å². The Morgan fingerprint density at radius 1 is 1.19 bits per heavy atom. The van der Waals surface area contributed by atoms with Gasteiger partial charge in [-0.2, -0.15) is 10.4 Å². The van der Waals surface area contributed by atoms with Crippen molar-refractivity contribution in [3.05, 3.63) is 40.2 Å². The first kappa shape index (κ1) is 19.9. The maximum Gasteiger partial charge on any atom is 0.145 e. The van der Waals surface area contributed by atoms with Gasteiger partial charge in [0.2, 0.25) is 0 Å². The second-order valence-electron chi connectivity index (χ2n) is 6.45. The lowest BCUT2D eigenvalue weighted by Crippen LogP contribution is -2.07. The summed E-state index contributed by atoms with van der Waals surface area (Å²) in [4.78, 5) is 9.43. The van der Waals surface area contributed by atoms with E-state index in [2.05, 4.69) is 44.0 Å². The number of fused-ring (bicyclic) bond motifs is 1. The van der Waals surface area contributed by atoms with Crippen LogP contribution in [0.4, 0.5) is 0 Å². The molecule has 1 N–H and O–H groups in total. The summed E-state index contributed by atoms with van der Waals surface area (Å²) in [6, 6.07) is 2.27. The molecule has 138 valence electrons. The van der Waals surface area contributed by atoms with Gasteiger partial charge in [0.15, 0.2) is 0 Å². The van der Waals surface area contributed by atoms with Gasteiger partial charge in [-0.1, -0.05) is 53.1 Å². The Morgan fingerprint density at radius 3 is 2.38 bits per heavy atom. The highest BCUT2D eigenvalue weighted by Gasteiger charge is 2.20. The molecule has 0 aliphatic heterocycles. The zero-order chi connectivity index (χ0) is 19.4. The number of hydrogen-bond donors (Lipinski definition) is 1. The predicted octanol–water partition coefficient (Wildman–Crippen LogP) is 5.00. The van der Waals surface area contributed by atoms with E-state index in [4.69, 9.17) is 21.6 Å². The second kappa shape index (κ2) is 8.33. The molecule has 3 aromatic heterocycles. The van der Waals surface area contributed by atoms with Gasteiger partial charge in [-0.15, -0.1) is 0 Å². The number of H-pyrrole nitrogens is 1. The monoisotopic (exact) mass is 372 g/mol. The Labute approximate surface area is 159 Å². The summed E-state index contributed by atoms with van der Waals surface area (Å²) in [6.45, 7) is 12.8. The molecule has 3 aromatic rings. The molecular weight excluding hydrogens is 348 g/mol. The summed E-state index contributed by atoms with van der Waals surface area (Å²) in [6.07, 6.45) is 3.38. The highest BCUT2D eigenvalue weighted by Crippen LogP contribution is 2.29. The summed E-state index contributed by atoms with van der Waals surface area (Å²) in [5, 5.41) is 17.8. The van der Waals surface area contributed by atoms with Crippen LogP contribution in [0.25, 0.3) is 11.0 Å². The third kappa shape index (κ3) is 3.73. The van der Waals surface area contributed by atoms with Gasteiger partial charge in [-0.05, 0) is 5.92 Å². The van der Waals surface area contributed by atoms with Gasteiger partial charge in [0.1, 0.15) is 17.5 Å². The van der Waals surface area contributed by atoms with Crippen LogP contribution in [-0.4, -0.2) is 24.7 Å². The Morgan fingerprint density at radius 2 is 1.88 bits per heavy atom. The van der Waals surface area contributed by atoms with Crippen molar-refractivity contribution < 1.29 is 0 Å². The third-order valence-electron chi connectivity index (χ3n) is 3.94. The van der Waals surface area contributed by atoms with Crippen molar-refractivity contribution in [3.8, 4) is 6.07 Å². The van der Waals surface area contributed by atoms with Crippen molar-refractivity contribution in [1.29, 1.82) is 5.26 Å². The van der Waals surface area contributed by atoms with Gasteiger partial charge in [-0.3, -0.25) is 5.10 Å². The molecule has 0 aromatic carbocycles. The molecule has 7 heteroatoms.